The van der Waals surface area contributed by atoms with Crippen LogP contribution in [0.3, 0.4) is 0 Å². The summed E-state index contributed by atoms with van der Waals surface area (Å²) in [7, 11) is 0. The number of nitrogens with two attached hydrogens (primary N) is 1. The highest BCUT2D eigenvalue weighted by Gasteiger charge is 2.21. The second kappa shape index (κ2) is 6.59. The summed E-state index contributed by atoms with van der Waals surface area (Å²) in [5.74, 6) is 1.01. The number of hydrogen-bond donors (Lipinski definition) is 1. The van der Waals surface area contributed by atoms with Gasteiger partial charge in [0.15, 0.2) is 0 Å². The molecule has 1 unspecified atom stereocenters. The second-order valence-electron chi connectivity index (χ2n) is 5.10. The Morgan fingerprint density at radius 3 is 2.95 bits per heavy atom. The Hall–Kier alpha value is -1.07. The highest BCUT2D eigenvalue weighted by Crippen LogP contribution is 2.26. The molecule has 0 bridgehead atoms. The molecule has 1 atom stereocenters. The summed E-state index contributed by atoms with van der Waals surface area (Å²) in [4.78, 5) is 2.39. The summed E-state index contributed by atoms with van der Waals surface area (Å²) in [5, 5.41) is 1.22. The molecular formula is C15H21ClN2O2. The van der Waals surface area contributed by atoms with Crippen LogP contribution in [-0.2, 0) is 11.3 Å². The van der Waals surface area contributed by atoms with Crippen molar-refractivity contribution >= 4 is 23.4 Å². The Bertz CT molecular complexity index is 570. The van der Waals surface area contributed by atoms with Gasteiger partial charge in [-0.25, -0.2) is 0 Å². The predicted molar refractivity (Wildman–Crippen MR) is 82.3 cm³/mol. The van der Waals surface area contributed by atoms with E-state index in [0.29, 0.717) is 6.54 Å². The van der Waals surface area contributed by atoms with E-state index in [2.05, 4.69) is 17.0 Å². The van der Waals surface area contributed by atoms with Crippen molar-refractivity contribution in [3.8, 4) is 0 Å². The lowest BCUT2D eigenvalue weighted by molar-refractivity contribution is -0.0260. The van der Waals surface area contributed by atoms with Gasteiger partial charge in [0.05, 0.1) is 12.7 Å². The zero-order chi connectivity index (χ0) is 13.2. The van der Waals surface area contributed by atoms with E-state index in [1.807, 2.05) is 19.1 Å². The Morgan fingerprint density at radius 1 is 1.35 bits per heavy atom. The molecule has 0 amide bonds. The maximum atomic E-state index is 5.81. The number of hydrogen-bond acceptors (Lipinski definition) is 4. The highest BCUT2D eigenvalue weighted by molar-refractivity contribution is 5.85. The molecule has 4 nitrogen and oxygen atoms in total. The maximum Gasteiger partial charge on any atom is 0.134 e. The van der Waals surface area contributed by atoms with Crippen LogP contribution in [0.2, 0.25) is 0 Å². The van der Waals surface area contributed by atoms with Crippen LogP contribution in [-0.4, -0.2) is 37.2 Å². The Balaban J connectivity index is 0.00000147. The van der Waals surface area contributed by atoms with Gasteiger partial charge in [-0.3, -0.25) is 4.90 Å². The van der Waals surface area contributed by atoms with Gasteiger partial charge in [0.25, 0.3) is 0 Å². The molecular weight excluding hydrogens is 276 g/mol. The third-order valence-electron chi connectivity index (χ3n) is 3.77. The van der Waals surface area contributed by atoms with Crippen molar-refractivity contribution in [2.75, 3.05) is 26.2 Å². The molecule has 1 aliphatic rings. The van der Waals surface area contributed by atoms with E-state index in [0.717, 1.165) is 37.6 Å². The van der Waals surface area contributed by atoms with E-state index in [1.54, 1.807) is 0 Å². The number of fused-ring (bicyclic) bond motifs is 1. The summed E-state index contributed by atoms with van der Waals surface area (Å²) >= 11 is 0. The molecule has 0 spiro atoms. The van der Waals surface area contributed by atoms with Crippen molar-refractivity contribution in [1.29, 1.82) is 0 Å². The van der Waals surface area contributed by atoms with Crippen molar-refractivity contribution in [2.45, 2.75) is 19.6 Å². The van der Waals surface area contributed by atoms with Gasteiger partial charge in [-0.05, 0) is 13.0 Å². The quantitative estimate of drug-likeness (QED) is 0.944. The summed E-state index contributed by atoms with van der Waals surface area (Å²) in [6.45, 7) is 6.14. The van der Waals surface area contributed by atoms with Gasteiger partial charge in [-0.1, -0.05) is 18.2 Å². The molecule has 1 aromatic carbocycles. The average Bonchev–Trinajstić information content (AvgIpc) is 2.76. The van der Waals surface area contributed by atoms with Crippen LogP contribution in [0.25, 0.3) is 11.0 Å². The van der Waals surface area contributed by atoms with Gasteiger partial charge >= 0.3 is 0 Å². The van der Waals surface area contributed by atoms with Crippen LogP contribution >= 0.6 is 12.4 Å². The molecule has 5 heteroatoms. The van der Waals surface area contributed by atoms with E-state index in [4.69, 9.17) is 14.9 Å². The zero-order valence-electron chi connectivity index (χ0n) is 11.7. The molecule has 0 aliphatic carbocycles. The number of morpholine rings is 1. The smallest absolute Gasteiger partial charge is 0.134 e. The third kappa shape index (κ3) is 2.99. The van der Waals surface area contributed by atoms with Crippen LogP contribution in [0, 0.1) is 6.92 Å². The molecule has 1 aliphatic heterocycles. The van der Waals surface area contributed by atoms with Gasteiger partial charge in [-0.15, -0.1) is 12.4 Å². The summed E-state index contributed by atoms with van der Waals surface area (Å²) in [6, 6.07) is 8.22. The molecule has 2 heterocycles. The van der Waals surface area contributed by atoms with Gasteiger partial charge in [-0.2, -0.15) is 0 Å². The number of para-hydroxylation sites is 1. The standard InChI is InChI=1S/C15H20N2O2.ClH/c1-11-14(13-4-2-3-5-15(13)19-11)10-17-6-7-18-12(8-16)9-17;/h2-5,12H,6-10,16H2,1H3;1H. The summed E-state index contributed by atoms with van der Waals surface area (Å²) in [6.07, 6.45) is 0.159. The predicted octanol–water partition coefficient (Wildman–Crippen LogP) is 2.32. The Labute approximate surface area is 125 Å². The molecule has 1 saturated heterocycles. The summed E-state index contributed by atoms with van der Waals surface area (Å²) < 4.78 is 11.4. The normalized spacial score (nSPS) is 20.0. The number of nitrogens with zero attached hydrogens (tertiary/aromatic N) is 1. The maximum absolute atomic E-state index is 5.81. The van der Waals surface area contributed by atoms with E-state index in [9.17, 15) is 0 Å². The van der Waals surface area contributed by atoms with E-state index >= 15 is 0 Å². The minimum Gasteiger partial charge on any atom is -0.461 e. The van der Waals surface area contributed by atoms with Crippen molar-refractivity contribution < 1.29 is 9.15 Å². The lowest BCUT2D eigenvalue weighted by atomic mass is 10.1. The molecule has 110 valence electrons. The van der Waals surface area contributed by atoms with Crippen LogP contribution in [0.1, 0.15) is 11.3 Å². The van der Waals surface area contributed by atoms with Gasteiger partial charge in [0.1, 0.15) is 11.3 Å². The van der Waals surface area contributed by atoms with Crippen LogP contribution in [0.15, 0.2) is 28.7 Å². The van der Waals surface area contributed by atoms with E-state index < -0.39 is 0 Å². The largest absolute Gasteiger partial charge is 0.461 e. The van der Waals surface area contributed by atoms with Crippen molar-refractivity contribution in [3.05, 3.63) is 35.6 Å². The number of benzene rings is 1. The van der Waals surface area contributed by atoms with Crippen molar-refractivity contribution in [1.82, 2.24) is 4.90 Å². The topological polar surface area (TPSA) is 51.6 Å². The minimum absolute atomic E-state index is 0. The Kier molecular flexibility index (Phi) is 5.05. The number of halogens is 1. The first kappa shape index (κ1) is 15.3. The number of ether oxygens (including phenoxy) is 1. The van der Waals surface area contributed by atoms with E-state index in [-0.39, 0.29) is 18.5 Å². The highest BCUT2D eigenvalue weighted by atomic mass is 35.5. The zero-order valence-corrected chi connectivity index (χ0v) is 12.5. The second-order valence-corrected chi connectivity index (χ2v) is 5.10. The first-order valence-electron chi connectivity index (χ1n) is 6.79. The number of rotatable bonds is 3. The first-order valence-corrected chi connectivity index (χ1v) is 6.79. The van der Waals surface area contributed by atoms with Gasteiger partial charge < -0.3 is 14.9 Å². The lowest BCUT2D eigenvalue weighted by Crippen LogP contribution is -2.45. The third-order valence-corrected chi connectivity index (χ3v) is 3.77. The molecule has 2 aromatic rings. The van der Waals surface area contributed by atoms with Crippen molar-refractivity contribution in [3.63, 3.8) is 0 Å². The fraction of sp³-hybridized carbons (Fsp3) is 0.467. The van der Waals surface area contributed by atoms with Crippen molar-refractivity contribution in [2.24, 2.45) is 5.73 Å². The van der Waals surface area contributed by atoms with Crippen LogP contribution < -0.4 is 5.73 Å². The molecule has 0 radical (unpaired) electrons. The minimum atomic E-state index is 0. The fourth-order valence-corrected chi connectivity index (χ4v) is 2.71. The molecule has 0 saturated carbocycles. The van der Waals surface area contributed by atoms with Crippen LogP contribution in [0.5, 0.6) is 0 Å². The molecule has 3 rings (SSSR count). The molecule has 2 N–H and O–H groups in total. The van der Waals surface area contributed by atoms with E-state index in [1.165, 1.54) is 10.9 Å². The lowest BCUT2D eigenvalue weighted by Gasteiger charge is -2.32. The molecule has 1 aromatic heterocycles. The van der Waals surface area contributed by atoms with Crippen LogP contribution in [0.4, 0.5) is 0 Å². The number of furan rings is 1. The first-order chi connectivity index (χ1) is 9.28. The molecule has 20 heavy (non-hydrogen) atoms. The Morgan fingerprint density at radius 2 is 2.15 bits per heavy atom. The van der Waals surface area contributed by atoms with Gasteiger partial charge in [0.2, 0.25) is 0 Å². The molecule has 1 fully saturated rings. The number of aryl methyl sites for hydroxylation is 1. The SMILES string of the molecule is Cc1oc2ccccc2c1CN1CCOC(CN)C1.Cl. The summed E-state index contributed by atoms with van der Waals surface area (Å²) in [5.41, 5.74) is 7.95. The fourth-order valence-electron chi connectivity index (χ4n) is 2.71. The monoisotopic (exact) mass is 296 g/mol. The van der Waals surface area contributed by atoms with Gasteiger partial charge in [0, 0.05) is 37.1 Å². The average molecular weight is 297 g/mol.